The van der Waals surface area contributed by atoms with Crippen LogP contribution in [-0.4, -0.2) is 14.3 Å². The summed E-state index contributed by atoms with van der Waals surface area (Å²) in [5, 5.41) is 7.43. The van der Waals surface area contributed by atoms with Crippen molar-refractivity contribution in [3.8, 4) is 0 Å². The summed E-state index contributed by atoms with van der Waals surface area (Å²) in [4.78, 5) is 11.9. The third-order valence-corrected chi connectivity index (χ3v) is 3.66. The van der Waals surface area contributed by atoms with E-state index in [1.165, 1.54) is 30.3 Å². The molecule has 2 rings (SSSR count). The van der Waals surface area contributed by atoms with Crippen molar-refractivity contribution in [2.75, 3.05) is 5.32 Å². The lowest BCUT2D eigenvalue weighted by molar-refractivity contribution is 0.102. The van der Waals surface area contributed by atoms with Crippen LogP contribution in [0.1, 0.15) is 15.9 Å². The van der Waals surface area contributed by atoms with E-state index in [4.69, 9.17) is 5.14 Å². The fourth-order valence-corrected chi connectivity index (χ4v) is 2.44. The molecule has 0 aliphatic rings. The second-order valence-electron chi connectivity index (χ2n) is 4.51. The van der Waals surface area contributed by atoms with Gasteiger partial charge in [-0.2, -0.15) is 0 Å². The minimum atomic E-state index is -3.92. The van der Waals surface area contributed by atoms with Gasteiger partial charge in [-0.15, -0.1) is 0 Å². The first-order chi connectivity index (χ1) is 9.77. The average molecular weight is 308 g/mol. The van der Waals surface area contributed by atoms with E-state index in [1.54, 1.807) is 13.0 Å². The van der Waals surface area contributed by atoms with Crippen LogP contribution in [0.3, 0.4) is 0 Å². The van der Waals surface area contributed by atoms with Gasteiger partial charge in [-0.05, 0) is 42.8 Å². The number of amides is 1. The van der Waals surface area contributed by atoms with Crippen molar-refractivity contribution in [1.29, 1.82) is 0 Å². The Morgan fingerprint density at radius 2 is 1.86 bits per heavy atom. The van der Waals surface area contributed by atoms with Crippen LogP contribution in [0.4, 0.5) is 10.1 Å². The molecule has 0 saturated carbocycles. The highest BCUT2D eigenvalue weighted by Crippen LogP contribution is 2.17. The second-order valence-corrected chi connectivity index (χ2v) is 6.08. The highest BCUT2D eigenvalue weighted by atomic mass is 32.2. The Morgan fingerprint density at radius 1 is 1.19 bits per heavy atom. The quantitative estimate of drug-likeness (QED) is 0.909. The Bertz CT molecular complexity index is 804. The van der Waals surface area contributed by atoms with Gasteiger partial charge in [0, 0.05) is 5.56 Å². The molecule has 0 atom stereocenters. The summed E-state index contributed by atoms with van der Waals surface area (Å²) in [6.07, 6.45) is 0. The molecule has 0 saturated heterocycles. The van der Waals surface area contributed by atoms with E-state index >= 15 is 0 Å². The van der Waals surface area contributed by atoms with E-state index in [0.29, 0.717) is 5.56 Å². The van der Waals surface area contributed by atoms with E-state index in [0.717, 1.165) is 6.07 Å². The zero-order valence-corrected chi connectivity index (χ0v) is 11.9. The van der Waals surface area contributed by atoms with Crippen LogP contribution < -0.4 is 10.5 Å². The number of nitrogens with two attached hydrogens (primary N) is 1. The van der Waals surface area contributed by atoms with Gasteiger partial charge < -0.3 is 5.32 Å². The Balaban J connectivity index is 2.36. The van der Waals surface area contributed by atoms with Crippen LogP contribution in [0.25, 0.3) is 0 Å². The van der Waals surface area contributed by atoms with E-state index in [9.17, 15) is 17.6 Å². The number of rotatable bonds is 3. The Hall–Kier alpha value is -2.25. The standard InChI is InChI=1S/C14H13FN2O3S/c1-9-6-10(8-11(7-9)21(16,19)20)14(18)17-13-5-3-2-4-12(13)15/h2-8H,1H3,(H,17,18)(H2,16,19,20). The van der Waals surface area contributed by atoms with Crippen molar-refractivity contribution in [3.63, 3.8) is 0 Å². The summed E-state index contributed by atoms with van der Waals surface area (Å²) >= 11 is 0. The molecule has 5 nitrogen and oxygen atoms in total. The molecule has 0 aliphatic heterocycles. The number of halogens is 1. The fraction of sp³-hybridized carbons (Fsp3) is 0.0714. The third kappa shape index (κ3) is 3.65. The normalized spacial score (nSPS) is 11.2. The zero-order valence-electron chi connectivity index (χ0n) is 11.1. The maximum atomic E-state index is 13.5. The molecular weight excluding hydrogens is 295 g/mol. The molecule has 0 aliphatic carbocycles. The fourth-order valence-electron chi connectivity index (χ4n) is 1.80. The molecule has 0 bridgehead atoms. The lowest BCUT2D eigenvalue weighted by Gasteiger charge is -2.08. The van der Waals surface area contributed by atoms with Crippen molar-refractivity contribution in [2.45, 2.75) is 11.8 Å². The number of primary sulfonamides is 1. The van der Waals surface area contributed by atoms with Gasteiger partial charge in [0.25, 0.3) is 5.91 Å². The molecule has 2 aromatic carbocycles. The van der Waals surface area contributed by atoms with Crippen molar-refractivity contribution in [2.24, 2.45) is 5.14 Å². The number of anilines is 1. The largest absolute Gasteiger partial charge is 0.319 e. The molecule has 0 spiro atoms. The summed E-state index contributed by atoms with van der Waals surface area (Å²) in [5.41, 5.74) is 0.656. The number of para-hydroxylation sites is 1. The smallest absolute Gasteiger partial charge is 0.255 e. The maximum Gasteiger partial charge on any atom is 0.255 e. The summed E-state index contributed by atoms with van der Waals surface area (Å²) in [6, 6.07) is 9.69. The topological polar surface area (TPSA) is 89.3 Å². The third-order valence-electron chi connectivity index (χ3n) is 2.76. The number of aryl methyl sites for hydroxylation is 1. The van der Waals surface area contributed by atoms with Crippen LogP contribution in [-0.2, 0) is 10.0 Å². The molecule has 0 unspecified atom stereocenters. The van der Waals surface area contributed by atoms with Gasteiger partial charge in [0.05, 0.1) is 10.6 Å². The number of carbonyl (C=O) groups is 1. The SMILES string of the molecule is Cc1cc(C(=O)Nc2ccccc2F)cc(S(N)(=O)=O)c1. The summed E-state index contributed by atoms with van der Waals surface area (Å²) < 4.78 is 36.2. The lowest BCUT2D eigenvalue weighted by Crippen LogP contribution is -2.16. The van der Waals surface area contributed by atoms with Gasteiger partial charge in [0.1, 0.15) is 5.82 Å². The molecule has 0 radical (unpaired) electrons. The van der Waals surface area contributed by atoms with Gasteiger partial charge in [0.2, 0.25) is 10.0 Å². The molecule has 0 heterocycles. The minimum absolute atomic E-state index is 0.0150. The Kier molecular flexibility index (Phi) is 4.06. The summed E-state index contributed by atoms with van der Waals surface area (Å²) in [7, 11) is -3.92. The van der Waals surface area contributed by atoms with Gasteiger partial charge >= 0.3 is 0 Å². The number of benzene rings is 2. The van der Waals surface area contributed by atoms with Gasteiger partial charge in [-0.1, -0.05) is 12.1 Å². The van der Waals surface area contributed by atoms with E-state index in [-0.39, 0.29) is 16.1 Å². The summed E-state index contributed by atoms with van der Waals surface area (Å²) in [5.74, 6) is -1.20. The summed E-state index contributed by atoms with van der Waals surface area (Å²) in [6.45, 7) is 1.63. The molecule has 0 fully saturated rings. The first kappa shape index (κ1) is 15.1. The molecule has 3 N–H and O–H groups in total. The van der Waals surface area contributed by atoms with Crippen molar-refractivity contribution in [3.05, 3.63) is 59.4 Å². The first-order valence-electron chi connectivity index (χ1n) is 5.98. The number of hydrogen-bond donors (Lipinski definition) is 2. The van der Waals surface area contributed by atoms with Gasteiger partial charge in [-0.3, -0.25) is 4.79 Å². The van der Waals surface area contributed by atoms with Crippen molar-refractivity contribution in [1.82, 2.24) is 0 Å². The maximum absolute atomic E-state index is 13.5. The predicted molar refractivity (Wildman–Crippen MR) is 76.9 cm³/mol. The molecule has 0 aromatic heterocycles. The minimum Gasteiger partial charge on any atom is -0.319 e. The van der Waals surface area contributed by atoms with Crippen LogP contribution >= 0.6 is 0 Å². The van der Waals surface area contributed by atoms with Gasteiger partial charge in [0.15, 0.2) is 0 Å². The number of sulfonamides is 1. The predicted octanol–water partition coefficient (Wildman–Crippen LogP) is 2.03. The Morgan fingerprint density at radius 3 is 2.48 bits per heavy atom. The second kappa shape index (κ2) is 5.63. The van der Waals surface area contributed by atoms with Crippen LogP contribution in [0.2, 0.25) is 0 Å². The number of carbonyl (C=O) groups excluding carboxylic acids is 1. The van der Waals surface area contributed by atoms with Gasteiger partial charge in [-0.25, -0.2) is 17.9 Å². The number of hydrogen-bond acceptors (Lipinski definition) is 3. The Labute approximate surface area is 121 Å². The highest BCUT2D eigenvalue weighted by molar-refractivity contribution is 7.89. The molecule has 1 amide bonds. The molecular formula is C14H13FN2O3S. The van der Waals surface area contributed by atoms with E-state index < -0.39 is 21.7 Å². The molecule has 21 heavy (non-hydrogen) atoms. The monoisotopic (exact) mass is 308 g/mol. The molecule has 2 aromatic rings. The van der Waals surface area contributed by atoms with Crippen LogP contribution in [0.5, 0.6) is 0 Å². The van der Waals surface area contributed by atoms with Crippen LogP contribution in [0.15, 0.2) is 47.4 Å². The number of nitrogens with one attached hydrogen (secondary N) is 1. The zero-order chi connectivity index (χ0) is 15.6. The molecule has 110 valence electrons. The first-order valence-corrected chi connectivity index (χ1v) is 7.52. The lowest BCUT2D eigenvalue weighted by atomic mass is 10.1. The van der Waals surface area contributed by atoms with Crippen molar-refractivity contribution < 1.29 is 17.6 Å². The highest BCUT2D eigenvalue weighted by Gasteiger charge is 2.14. The molecule has 7 heteroatoms. The average Bonchev–Trinajstić information content (AvgIpc) is 2.39. The van der Waals surface area contributed by atoms with E-state index in [1.807, 2.05) is 0 Å². The van der Waals surface area contributed by atoms with E-state index in [2.05, 4.69) is 5.32 Å². The van der Waals surface area contributed by atoms with Crippen molar-refractivity contribution >= 4 is 21.6 Å². The van der Waals surface area contributed by atoms with Crippen LogP contribution in [0, 0.1) is 12.7 Å².